The molecule has 3 aromatic rings. The first-order chi connectivity index (χ1) is 10.9. The second-order valence-corrected chi connectivity index (χ2v) is 5.17. The molecule has 0 aliphatic carbocycles. The van der Waals surface area contributed by atoms with Crippen LogP contribution in [0.15, 0.2) is 84.9 Å². The molecule has 0 saturated heterocycles. The average molecular weight is 285 g/mol. The highest BCUT2D eigenvalue weighted by Gasteiger charge is 1.98. The van der Waals surface area contributed by atoms with Gasteiger partial charge in [-0.1, -0.05) is 91.0 Å². The van der Waals surface area contributed by atoms with Gasteiger partial charge in [0.05, 0.1) is 0 Å². The molecule has 0 bridgehead atoms. The minimum atomic E-state index is 0.830. The van der Waals surface area contributed by atoms with Crippen molar-refractivity contribution in [2.45, 2.75) is 6.54 Å². The number of hydrogen-bond acceptors (Lipinski definition) is 1. The lowest BCUT2D eigenvalue weighted by Crippen LogP contribution is -2.00. The largest absolute Gasteiger partial charge is 0.380 e. The molecule has 0 saturated carbocycles. The van der Waals surface area contributed by atoms with Crippen molar-refractivity contribution in [2.24, 2.45) is 0 Å². The van der Waals surface area contributed by atoms with Crippen LogP contribution in [-0.2, 0) is 6.54 Å². The van der Waals surface area contributed by atoms with Crippen LogP contribution in [0.3, 0.4) is 0 Å². The number of nitrogens with one attached hydrogen (secondary N) is 1. The monoisotopic (exact) mass is 285 g/mol. The Balaban J connectivity index is 1.74. The van der Waals surface area contributed by atoms with Crippen LogP contribution in [0, 0.1) is 0 Å². The Bertz CT molecular complexity index is 730. The van der Waals surface area contributed by atoms with Gasteiger partial charge in [0.1, 0.15) is 0 Å². The summed E-state index contributed by atoms with van der Waals surface area (Å²) in [5, 5.41) is 3.51. The zero-order valence-electron chi connectivity index (χ0n) is 12.4. The van der Waals surface area contributed by atoms with Gasteiger partial charge in [0.25, 0.3) is 0 Å². The van der Waals surface area contributed by atoms with Gasteiger partial charge in [-0.25, -0.2) is 0 Å². The third-order valence-corrected chi connectivity index (χ3v) is 3.54. The lowest BCUT2D eigenvalue weighted by atomic mass is 10.1. The molecule has 1 nitrogen and oxygen atoms in total. The second kappa shape index (κ2) is 7.28. The van der Waals surface area contributed by atoms with E-state index in [0.29, 0.717) is 0 Å². The normalized spacial score (nSPS) is 10.7. The first-order valence-electron chi connectivity index (χ1n) is 7.52. The topological polar surface area (TPSA) is 12.0 Å². The third kappa shape index (κ3) is 3.86. The smallest absolute Gasteiger partial charge is 0.0416 e. The summed E-state index contributed by atoms with van der Waals surface area (Å²) in [7, 11) is 0. The Morgan fingerprint density at radius 1 is 0.636 bits per heavy atom. The van der Waals surface area contributed by atoms with Crippen LogP contribution < -0.4 is 5.32 Å². The fourth-order valence-corrected chi connectivity index (χ4v) is 2.35. The van der Waals surface area contributed by atoms with Crippen molar-refractivity contribution in [3.63, 3.8) is 0 Å². The number of hydrogen-bond donors (Lipinski definition) is 1. The summed E-state index contributed by atoms with van der Waals surface area (Å²) in [5.74, 6) is 0. The van der Waals surface area contributed by atoms with E-state index in [9.17, 15) is 0 Å². The summed E-state index contributed by atoms with van der Waals surface area (Å²) >= 11 is 0. The van der Waals surface area contributed by atoms with E-state index in [0.717, 1.165) is 12.2 Å². The van der Waals surface area contributed by atoms with Gasteiger partial charge in [-0.2, -0.15) is 0 Å². The van der Waals surface area contributed by atoms with Crippen LogP contribution in [-0.4, -0.2) is 0 Å². The first kappa shape index (κ1) is 14.2. The number of para-hydroxylation sites is 1. The maximum Gasteiger partial charge on any atom is 0.0416 e. The van der Waals surface area contributed by atoms with Crippen molar-refractivity contribution in [1.29, 1.82) is 0 Å². The van der Waals surface area contributed by atoms with Gasteiger partial charge in [-0.15, -0.1) is 0 Å². The highest BCUT2D eigenvalue weighted by atomic mass is 14.9. The predicted molar refractivity (Wildman–Crippen MR) is 95.6 cm³/mol. The number of benzene rings is 3. The molecule has 1 N–H and O–H groups in total. The maximum absolute atomic E-state index is 3.51. The van der Waals surface area contributed by atoms with E-state index in [1.54, 1.807) is 0 Å². The molecule has 0 heterocycles. The van der Waals surface area contributed by atoms with Crippen molar-refractivity contribution >= 4 is 17.8 Å². The van der Waals surface area contributed by atoms with Gasteiger partial charge in [-0.3, -0.25) is 0 Å². The Kier molecular flexibility index (Phi) is 4.68. The summed E-state index contributed by atoms with van der Waals surface area (Å²) in [6.07, 6.45) is 4.30. The van der Waals surface area contributed by atoms with E-state index >= 15 is 0 Å². The van der Waals surface area contributed by atoms with E-state index < -0.39 is 0 Å². The highest BCUT2D eigenvalue weighted by Crippen LogP contribution is 2.19. The molecule has 108 valence electrons. The number of anilines is 1. The molecule has 3 aromatic carbocycles. The van der Waals surface area contributed by atoms with Crippen molar-refractivity contribution < 1.29 is 0 Å². The SMILES string of the molecule is C(=Cc1ccccc1NCc1ccccc1)c1ccccc1. The standard InChI is InChI=1S/C21H19N/c1-3-9-18(10-4-1)15-16-20-13-7-8-14-21(20)22-17-19-11-5-2-6-12-19/h1-16,22H,17H2. The van der Waals surface area contributed by atoms with E-state index in [2.05, 4.69) is 90.3 Å². The highest BCUT2D eigenvalue weighted by molar-refractivity contribution is 5.76. The molecule has 0 aliphatic rings. The van der Waals surface area contributed by atoms with Crippen LogP contribution in [0.25, 0.3) is 12.2 Å². The summed E-state index contributed by atoms with van der Waals surface area (Å²) in [6, 6.07) is 29.2. The predicted octanol–water partition coefficient (Wildman–Crippen LogP) is 5.47. The van der Waals surface area contributed by atoms with E-state index in [1.807, 2.05) is 12.1 Å². The van der Waals surface area contributed by atoms with Gasteiger partial charge in [0, 0.05) is 12.2 Å². The summed E-state index contributed by atoms with van der Waals surface area (Å²) in [4.78, 5) is 0. The molecular formula is C21H19N. The van der Waals surface area contributed by atoms with Gasteiger partial charge in [0.2, 0.25) is 0 Å². The minimum Gasteiger partial charge on any atom is -0.380 e. The zero-order chi connectivity index (χ0) is 15.0. The van der Waals surface area contributed by atoms with Crippen molar-refractivity contribution in [3.8, 4) is 0 Å². The van der Waals surface area contributed by atoms with E-state index in [1.165, 1.54) is 16.7 Å². The zero-order valence-corrected chi connectivity index (χ0v) is 12.4. The van der Waals surface area contributed by atoms with Crippen LogP contribution in [0.2, 0.25) is 0 Å². The Labute approximate surface area is 132 Å². The molecule has 0 fully saturated rings. The van der Waals surface area contributed by atoms with Crippen LogP contribution >= 0.6 is 0 Å². The van der Waals surface area contributed by atoms with Gasteiger partial charge in [-0.05, 0) is 22.8 Å². The van der Waals surface area contributed by atoms with Gasteiger partial charge >= 0.3 is 0 Å². The quantitative estimate of drug-likeness (QED) is 0.613. The molecular weight excluding hydrogens is 266 g/mol. The molecule has 0 unspecified atom stereocenters. The lowest BCUT2D eigenvalue weighted by Gasteiger charge is -2.09. The molecule has 22 heavy (non-hydrogen) atoms. The Morgan fingerprint density at radius 3 is 2.05 bits per heavy atom. The fraction of sp³-hybridized carbons (Fsp3) is 0.0476. The van der Waals surface area contributed by atoms with Crippen molar-refractivity contribution in [3.05, 3.63) is 102 Å². The fourth-order valence-electron chi connectivity index (χ4n) is 2.35. The third-order valence-electron chi connectivity index (χ3n) is 3.54. The van der Waals surface area contributed by atoms with Crippen LogP contribution in [0.5, 0.6) is 0 Å². The average Bonchev–Trinajstić information content (AvgIpc) is 2.61. The summed E-state index contributed by atoms with van der Waals surface area (Å²) in [5.41, 5.74) is 4.84. The van der Waals surface area contributed by atoms with E-state index in [4.69, 9.17) is 0 Å². The molecule has 3 rings (SSSR count). The van der Waals surface area contributed by atoms with Crippen molar-refractivity contribution in [1.82, 2.24) is 0 Å². The molecule has 0 amide bonds. The van der Waals surface area contributed by atoms with E-state index in [-0.39, 0.29) is 0 Å². The Hall–Kier alpha value is -2.80. The van der Waals surface area contributed by atoms with Crippen LogP contribution in [0.4, 0.5) is 5.69 Å². The van der Waals surface area contributed by atoms with Gasteiger partial charge < -0.3 is 5.32 Å². The van der Waals surface area contributed by atoms with Crippen LogP contribution in [0.1, 0.15) is 16.7 Å². The molecule has 0 atom stereocenters. The minimum absolute atomic E-state index is 0.830. The summed E-state index contributed by atoms with van der Waals surface area (Å²) < 4.78 is 0. The molecule has 0 aliphatic heterocycles. The number of rotatable bonds is 5. The molecule has 0 aromatic heterocycles. The second-order valence-electron chi connectivity index (χ2n) is 5.17. The molecule has 1 heteroatoms. The summed E-state index contributed by atoms with van der Waals surface area (Å²) in [6.45, 7) is 0.830. The molecule has 0 spiro atoms. The maximum atomic E-state index is 3.51. The Morgan fingerprint density at radius 2 is 1.27 bits per heavy atom. The van der Waals surface area contributed by atoms with Crippen molar-refractivity contribution in [2.75, 3.05) is 5.32 Å². The molecule has 0 radical (unpaired) electrons. The van der Waals surface area contributed by atoms with Gasteiger partial charge in [0.15, 0.2) is 0 Å². The first-order valence-corrected chi connectivity index (χ1v) is 7.52. The lowest BCUT2D eigenvalue weighted by molar-refractivity contribution is 1.15.